The molecule has 0 saturated heterocycles. The Bertz CT molecular complexity index is 810. The number of aromatic carboxylic acids is 1. The number of rotatable bonds is 2. The van der Waals surface area contributed by atoms with Crippen LogP contribution in [0.3, 0.4) is 0 Å². The fraction of sp³-hybridized carbons (Fsp3) is 0.214. The summed E-state index contributed by atoms with van der Waals surface area (Å²) in [4.78, 5) is 23.0. The van der Waals surface area contributed by atoms with Crippen LogP contribution in [0.1, 0.15) is 21.6 Å². The second kappa shape index (κ2) is 5.28. The van der Waals surface area contributed by atoms with E-state index in [2.05, 4.69) is 5.10 Å². The number of alkyl halides is 3. The predicted octanol–water partition coefficient (Wildman–Crippen LogP) is 2.47. The number of halogens is 3. The van der Waals surface area contributed by atoms with Crippen molar-refractivity contribution in [3.05, 3.63) is 51.3 Å². The third-order valence-corrected chi connectivity index (χ3v) is 3.13. The van der Waals surface area contributed by atoms with Gasteiger partial charge in [-0.1, -0.05) is 12.1 Å². The van der Waals surface area contributed by atoms with Crippen molar-refractivity contribution in [3.63, 3.8) is 0 Å². The van der Waals surface area contributed by atoms with Crippen LogP contribution in [0.4, 0.5) is 13.2 Å². The normalized spacial score (nSPS) is 11.5. The van der Waals surface area contributed by atoms with Crippen molar-refractivity contribution in [2.24, 2.45) is 7.05 Å². The lowest BCUT2D eigenvalue weighted by molar-refractivity contribution is -0.144. The van der Waals surface area contributed by atoms with Crippen molar-refractivity contribution >= 4 is 5.97 Å². The number of aromatic nitrogens is 2. The van der Waals surface area contributed by atoms with Crippen molar-refractivity contribution < 1.29 is 23.1 Å². The summed E-state index contributed by atoms with van der Waals surface area (Å²) in [5.41, 5.74) is -1.76. The Hall–Kier alpha value is -2.64. The van der Waals surface area contributed by atoms with E-state index in [9.17, 15) is 22.8 Å². The van der Waals surface area contributed by atoms with Gasteiger partial charge in [-0.25, -0.2) is 4.79 Å². The van der Waals surface area contributed by atoms with Gasteiger partial charge in [0.1, 0.15) is 11.4 Å². The maximum Gasteiger partial charge on any atom is 0.433 e. The van der Waals surface area contributed by atoms with Gasteiger partial charge in [-0.05, 0) is 18.6 Å². The molecular formula is C14H11F3N2O3. The minimum atomic E-state index is -4.70. The minimum absolute atomic E-state index is 0.0405. The van der Waals surface area contributed by atoms with Crippen molar-refractivity contribution in [1.29, 1.82) is 0 Å². The summed E-state index contributed by atoms with van der Waals surface area (Å²) in [6, 6.07) is 4.58. The molecule has 0 amide bonds. The molecule has 0 aliphatic rings. The zero-order valence-electron chi connectivity index (χ0n) is 11.6. The molecule has 0 radical (unpaired) electrons. The number of nitrogens with zero attached hydrogens (tertiary/aromatic N) is 2. The number of aryl methyl sites for hydroxylation is 2. The zero-order valence-corrected chi connectivity index (χ0v) is 11.6. The molecule has 0 bridgehead atoms. The maximum absolute atomic E-state index is 12.7. The quantitative estimate of drug-likeness (QED) is 0.924. The lowest BCUT2D eigenvalue weighted by Gasteiger charge is -2.12. The molecular weight excluding hydrogens is 301 g/mol. The first-order chi connectivity index (χ1) is 10.1. The zero-order chi connectivity index (χ0) is 16.7. The molecule has 1 heterocycles. The Morgan fingerprint density at radius 3 is 2.45 bits per heavy atom. The van der Waals surface area contributed by atoms with Crippen LogP contribution in [0.15, 0.2) is 29.1 Å². The molecule has 0 atom stereocenters. The highest BCUT2D eigenvalue weighted by molar-refractivity contribution is 5.90. The molecule has 0 aliphatic heterocycles. The standard InChI is InChI=1S/C14H11F3N2O3/c1-7-3-4-8(5-9(7)13(21)22)12-10(20)6-11(14(15,16)17)19(2)18-12/h3-6H,1-2H3,(H,21,22). The first-order valence-electron chi connectivity index (χ1n) is 6.11. The predicted molar refractivity (Wildman–Crippen MR) is 71.6 cm³/mol. The molecule has 2 aromatic rings. The lowest BCUT2D eigenvalue weighted by atomic mass is 10.0. The molecule has 1 aromatic carbocycles. The van der Waals surface area contributed by atoms with Crippen molar-refractivity contribution in [1.82, 2.24) is 9.78 Å². The van der Waals surface area contributed by atoms with Gasteiger partial charge in [0, 0.05) is 18.7 Å². The molecule has 0 spiro atoms. The van der Waals surface area contributed by atoms with Gasteiger partial charge in [-0.2, -0.15) is 18.3 Å². The van der Waals surface area contributed by atoms with Crippen LogP contribution < -0.4 is 5.43 Å². The average molecular weight is 312 g/mol. The summed E-state index contributed by atoms with van der Waals surface area (Å²) in [6.45, 7) is 1.57. The smallest absolute Gasteiger partial charge is 0.433 e. The molecule has 116 valence electrons. The molecule has 1 aromatic heterocycles. The number of hydrogen-bond donors (Lipinski definition) is 1. The van der Waals surface area contributed by atoms with Gasteiger partial charge in [0.25, 0.3) is 0 Å². The van der Waals surface area contributed by atoms with E-state index < -0.39 is 23.3 Å². The number of benzene rings is 1. The fourth-order valence-electron chi connectivity index (χ4n) is 2.00. The molecule has 1 N–H and O–H groups in total. The number of hydrogen-bond acceptors (Lipinski definition) is 3. The first-order valence-corrected chi connectivity index (χ1v) is 6.11. The molecule has 22 heavy (non-hydrogen) atoms. The largest absolute Gasteiger partial charge is 0.478 e. The van der Waals surface area contributed by atoms with Crippen LogP contribution in [-0.4, -0.2) is 20.9 Å². The van der Waals surface area contributed by atoms with E-state index in [4.69, 9.17) is 5.11 Å². The van der Waals surface area contributed by atoms with Crippen molar-refractivity contribution in [3.8, 4) is 11.3 Å². The maximum atomic E-state index is 12.7. The van der Waals surface area contributed by atoms with Gasteiger partial charge < -0.3 is 5.11 Å². The summed E-state index contributed by atoms with van der Waals surface area (Å²) in [6.07, 6.45) is -4.70. The Labute approximate surface area is 122 Å². The Kier molecular flexibility index (Phi) is 3.78. The van der Waals surface area contributed by atoms with Gasteiger partial charge in [0.2, 0.25) is 5.43 Å². The highest BCUT2D eigenvalue weighted by Crippen LogP contribution is 2.28. The molecule has 0 saturated carbocycles. The topological polar surface area (TPSA) is 72.2 Å². The third-order valence-electron chi connectivity index (χ3n) is 3.13. The number of carboxylic acid groups (broad SMARTS) is 1. The van der Waals surface area contributed by atoms with Crippen LogP contribution in [0.2, 0.25) is 0 Å². The molecule has 0 unspecified atom stereocenters. The van der Waals surface area contributed by atoms with E-state index in [1.807, 2.05) is 0 Å². The number of carboxylic acids is 1. The van der Waals surface area contributed by atoms with Crippen LogP contribution in [0.25, 0.3) is 11.3 Å². The van der Waals surface area contributed by atoms with Gasteiger partial charge in [-0.3, -0.25) is 9.48 Å². The van der Waals surface area contributed by atoms with E-state index in [0.717, 1.165) is 7.05 Å². The van der Waals surface area contributed by atoms with Gasteiger partial charge in [-0.15, -0.1) is 0 Å². The molecule has 8 heteroatoms. The Balaban J connectivity index is 2.65. The second-order valence-corrected chi connectivity index (χ2v) is 4.70. The van der Waals surface area contributed by atoms with E-state index in [1.165, 1.54) is 18.2 Å². The molecule has 0 fully saturated rings. The van der Waals surface area contributed by atoms with Crippen LogP contribution >= 0.6 is 0 Å². The van der Waals surface area contributed by atoms with Gasteiger partial charge in [0.05, 0.1) is 5.56 Å². The minimum Gasteiger partial charge on any atom is -0.478 e. The van der Waals surface area contributed by atoms with Crippen LogP contribution in [-0.2, 0) is 13.2 Å². The summed E-state index contributed by atoms with van der Waals surface area (Å²) in [7, 11) is 1.07. The van der Waals surface area contributed by atoms with Crippen molar-refractivity contribution in [2.75, 3.05) is 0 Å². The SMILES string of the molecule is Cc1ccc(-c2nn(C)c(C(F)(F)F)cc2=O)cc1C(=O)O. The fourth-order valence-corrected chi connectivity index (χ4v) is 2.00. The summed E-state index contributed by atoms with van der Waals surface area (Å²) >= 11 is 0. The van der Waals surface area contributed by atoms with E-state index in [0.29, 0.717) is 16.3 Å². The van der Waals surface area contributed by atoms with Crippen LogP contribution in [0.5, 0.6) is 0 Å². The molecule has 5 nitrogen and oxygen atoms in total. The molecule has 0 aliphatic carbocycles. The lowest BCUT2D eigenvalue weighted by Crippen LogP contribution is -2.22. The first kappa shape index (κ1) is 15.7. The monoisotopic (exact) mass is 312 g/mol. The highest BCUT2D eigenvalue weighted by Gasteiger charge is 2.34. The summed E-state index contributed by atoms with van der Waals surface area (Å²) < 4.78 is 38.7. The van der Waals surface area contributed by atoms with Gasteiger partial charge >= 0.3 is 12.1 Å². The summed E-state index contributed by atoms with van der Waals surface area (Å²) in [5, 5.41) is 12.7. The highest BCUT2D eigenvalue weighted by atomic mass is 19.4. The Morgan fingerprint density at radius 2 is 1.91 bits per heavy atom. The number of carbonyl (C=O) groups is 1. The van der Waals surface area contributed by atoms with Gasteiger partial charge in [0.15, 0.2) is 0 Å². The average Bonchev–Trinajstić information content (AvgIpc) is 2.40. The second-order valence-electron chi connectivity index (χ2n) is 4.70. The third kappa shape index (κ3) is 2.85. The van der Waals surface area contributed by atoms with E-state index in [-0.39, 0.29) is 16.8 Å². The Morgan fingerprint density at radius 1 is 1.27 bits per heavy atom. The molecule has 2 rings (SSSR count). The van der Waals surface area contributed by atoms with Crippen molar-refractivity contribution in [2.45, 2.75) is 13.1 Å². The van der Waals surface area contributed by atoms with E-state index in [1.54, 1.807) is 6.92 Å². The summed E-state index contributed by atoms with van der Waals surface area (Å²) in [5.74, 6) is -1.19. The van der Waals surface area contributed by atoms with E-state index >= 15 is 0 Å². The van der Waals surface area contributed by atoms with Crippen LogP contribution in [0, 0.1) is 6.92 Å².